The minimum Gasteiger partial charge on any atom is -0.494 e. The molecule has 0 heterocycles. The number of amides is 1. The average Bonchev–Trinajstić information content (AvgIpc) is 2.45. The Hall–Kier alpha value is -2.04. The number of hydrogen-bond acceptors (Lipinski definition) is 3. The minimum absolute atomic E-state index is 0.215. The van der Waals surface area contributed by atoms with Crippen LogP contribution in [-0.2, 0) is 16.0 Å². The van der Waals surface area contributed by atoms with Crippen LogP contribution in [0.5, 0.6) is 5.75 Å². The molecule has 0 saturated heterocycles. The first-order chi connectivity index (χ1) is 10.4. The predicted molar refractivity (Wildman–Crippen MR) is 85.0 cm³/mol. The summed E-state index contributed by atoms with van der Waals surface area (Å²) in [6.07, 6.45) is 1.28. The van der Waals surface area contributed by atoms with Crippen molar-refractivity contribution in [3.63, 3.8) is 0 Å². The van der Waals surface area contributed by atoms with Crippen molar-refractivity contribution >= 4 is 11.9 Å². The van der Waals surface area contributed by atoms with Crippen molar-refractivity contribution in [1.29, 1.82) is 0 Å². The van der Waals surface area contributed by atoms with E-state index in [9.17, 15) is 9.59 Å². The molecule has 122 valence electrons. The molecule has 5 heteroatoms. The van der Waals surface area contributed by atoms with Crippen LogP contribution in [0.1, 0.15) is 39.2 Å². The van der Waals surface area contributed by atoms with Gasteiger partial charge in [0.2, 0.25) is 5.91 Å². The number of carbonyl (C=O) groups excluding carboxylic acids is 1. The van der Waals surface area contributed by atoms with Gasteiger partial charge in [-0.3, -0.25) is 4.79 Å². The van der Waals surface area contributed by atoms with Crippen molar-refractivity contribution in [2.45, 2.75) is 46.1 Å². The Labute approximate surface area is 131 Å². The minimum atomic E-state index is -0.983. The summed E-state index contributed by atoms with van der Waals surface area (Å²) in [5, 5.41) is 11.7. The highest BCUT2D eigenvalue weighted by Crippen LogP contribution is 2.13. The van der Waals surface area contributed by atoms with E-state index >= 15 is 0 Å². The van der Waals surface area contributed by atoms with Crippen LogP contribution in [0.25, 0.3) is 0 Å². The lowest BCUT2D eigenvalue weighted by Crippen LogP contribution is -2.41. The van der Waals surface area contributed by atoms with Gasteiger partial charge >= 0.3 is 5.97 Å². The van der Waals surface area contributed by atoms with E-state index in [2.05, 4.69) is 5.32 Å². The van der Waals surface area contributed by atoms with Gasteiger partial charge in [-0.2, -0.15) is 0 Å². The summed E-state index contributed by atoms with van der Waals surface area (Å²) in [5.41, 5.74) is 1.02. The molecule has 0 aliphatic heterocycles. The second kappa shape index (κ2) is 9.07. The SMILES string of the molecule is CCOc1ccc(CCC(=O)N[C@H](CC(C)C)C(=O)O)cc1. The number of aliphatic carboxylic acids is 1. The van der Waals surface area contributed by atoms with Gasteiger partial charge in [0.25, 0.3) is 0 Å². The smallest absolute Gasteiger partial charge is 0.326 e. The number of carboxylic acids is 1. The first kappa shape index (κ1) is 18.0. The van der Waals surface area contributed by atoms with E-state index in [4.69, 9.17) is 9.84 Å². The van der Waals surface area contributed by atoms with Crippen LogP contribution in [0.4, 0.5) is 0 Å². The quantitative estimate of drug-likeness (QED) is 0.735. The molecular weight excluding hydrogens is 282 g/mol. The molecule has 0 radical (unpaired) electrons. The van der Waals surface area contributed by atoms with Gasteiger partial charge in [-0.15, -0.1) is 0 Å². The van der Waals surface area contributed by atoms with Crippen LogP contribution in [0.15, 0.2) is 24.3 Å². The Morgan fingerprint density at radius 2 is 1.86 bits per heavy atom. The number of nitrogens with one attached hydrogen (secondary N) is 1. The monoisotopic (exact) mass is 307 g/mol. The van der Waals surface area contributed by atoms with E-state index in [0.29, 0.717) is 19.4 Å². The highest BCUT2D eigenvalue weighted by atomic mass is 16.5. The summed E-state index contributed by atoms with van der Waals surface area (Å²) in [4.78, 5) is 23.0. The number of carboxylic acid groups (broad SMARTS) is 1. The molecule has 0 bridgehead atoms. The fourth-order valence-corrected chi connectivity index (χ4v) is 2.14. The van der Waals surface area contributed by atoms with E-state index < -0.39 is 12.0 Å². The highest BCUT2D eigenvalue weighted by Gasteiger charge is 2.20. The fraction of sp³-hybridized carbons (Fsp3) is 0.529. The lowest BCUT2D eigenvalue weighted by atomic mass is 10.0. The summed E-state index contributed by atoms with van der Waals surface area (Å²) < 4.78 is 5.36. The molecule has 0 aliphatic carbocycles. The molecule has 1 amide bonds. The third-order valence-corrected chi connectivity index (χ3v) is 3.22. The molecule has 1 aromatic rings. The molecule has 0 aliphatic rings. The number of benzene rings is 1. The zero-order valence-electron chi connectivity index (χ0n) is 13.5. The second-order valence-electron chi connectivity index (χ2n) is 5.66. The van der Waals surface area contributed by atoms with Crippen molar-refractivity contribution in [1.82, 2.24) is 5.32 Å². The van der Waals surface area contributed by atoms with Crippen LogP contribution in [0, 0.1) is 5.92 Å². The molecule has 0 unspecified atom stereocenters. The molecule has 1 aromatic carbocycles. The maximum Gasteiger partial charge on any atom is 0.326 e. The zero-order valence-corrected chi connectivity index (χ0v) is 13.5. The molecule has 5 nitrogen and oxygen atoms in total. The molecule has 0 aromatic heterocycles. The Kier molecular flexibility index (Phi) is 7.43. The summed E-state index contributed by atoms with van der Waals surface area (Å²) in [6, 6.07) is 6.76. The molecule has 1 rings (SSSR count). The predicted octanol–water partition coefficient (Wildman–Crippen LogP) is 2.63. The Morgan fingerprint density at radius 1 is 1.23 bits per heavy atom. The fourth-order valence-electron chi connectivity index (χ4n) is 2.14. The summed E-state index contributed by atoms with van der Waals surface area (Å²) in [7, 11) is 0. The maximum atomic E-state index is 11.9. The van der Waals surface area contributed by atoms with E-state index in [0.717, 1.165) is 11.3 Å². The third kappa shape index (κ3) is 6.61. The number of ether oxygens (including phenoxy) is 1. The molecule has 22 heavy (non-hydrogen) atoms. The molecule has 0 saturated carbocycles. The normalized spacial score (nSPS) is 12.0. The molecule has 2 N–H and O–H groups in total. The Morgan fingerprint density at radius 3 is 2.36 bits per heavy atom. The van der Waals surface area contributed by atoms with Crippen LogP contribution >= 0.6 is 0 Å². The van der Waals surface area contributed by atoms with Crippen LogP contribution in [0.3, 0.4) is 0 Å². The Balaban J connectivity index is 2.45. The van der Waals surface area contributed by atoms with Gasteiger partial charge in [-0.25, -0.2) is 4.79 Å². The average molecular weight is 307 g/mol. The van der Waals surface area contributed by atoms with Gasteiger partial charge in [0, 0.05) is 6.42 Å². The van der Waals surface area contributed by atoms with Crippen molar-refractivity contribution < 1.29 is 19.4 Å². The number of rotatable bonds is 9. The topological polar surface area (TPSA) is 75.6 Å². The molecular formula is C17H25NO4. The number of hydrogen-bond donors (Lipinski definition) is 2. The first-order valence-corrected chi connectivity index (χ1v) is 7.66. The van der Waals surface area contributed by atoms with Crippen LogP contribution in [0.2, 0.25) is 0 Å². The van der Waals surface area contributed by atoms with Crippen molar-refractivity contribution in [3.05, 3.63) is 29.8 Å². The van der Waals surface area contributed by atoms with Crippen molar-refractivity contribution in [2.75, 3.05) is 6.61 Å². The van der Waals surface area contributed by atoms with Crippen molar-refractivity contribution in [3.8, 4) is 5.75 Å². The molecule has 0 fully saturated rings. The number of aryl methyl sites for hydroxylation is 1. The van der Waals surface area contributed by atoms with E-state index in [1.165, 1.54) is 0 Å². The summed E-state index contributed by atoms with van der Waals surface area (Å²) in [5.74, 6) is -0.198. The van der Waals surface area contributed by atoms with Crippen LogP contribution in [-0.4, -0.2) is 29.6 Å². The van der Waals surface area contributed by atoms with E-state index in [1.807, 2.05) is 45.0 Å². The van der Waals surface area contributed by atoms with Crippen molar-refractivity contribution in [2.24, 2.45) is 5.92 Å². The van der Waals surface area contributed by atoms with E-state index in [-0.39, 0.29) is 18.2 Å². The van der Waals surface area contributed by atoms with Gasteiger partial charge in [-0.05, 0) is 43.4 Å². The molecule has 1 atom stereocenters. The van der Waals surface area contributed by atoms with Gasteiger partial charge in [0.1, 0.15) is 11.8 Å². The maximum absolute atomic E-state index is 11.9. The lowest BCUT2D eigenvalue weighted by Gasteiger charge is -2.16. The third-order valence-electron chi connectivity index (χ3n) is 3.22. The van der Waals surface area contributed by atoms with Gasteiger partial charge in [-0.1, -0.05) is 26.0 Å². The largest absolute Gasteiger partial charge is 0.494 e. The zero-order chi connectivity index (χ0) is 16.5. The lowest BCUT2D eigenvalue weighted by molar-refractivity contribution is -0.142. The second-order valence-corrected chi connectivity index (χ2v) is 5.66. The van der Waals surface area contributed by atoms with Crippen LogP contribution < -0.4 is 10.1 Å². The van der Waals surface area contributed by atoms with Gasteiger partial charge in [0.05, 0.1) is 6.61 Å². The standard InChI is InChI=1S/C17H25NO4/c1-4-22-14-8-5-13(6-9-14)7-10-16(19)18-15(17(20)21)11-12(2)3/h5-6,8-9,12,15H,4,7,10-11H2,1-3H3,(H,18,19)(H,20,21)/t15-/m1/s1. The highest BCUT2D eigenvalue weighted by molar-refractivity contribution is 5.83. The summed E-state index contributed by atoms with van der Waals surface area (Å²) >= 11 is 0. The van der Waals surface area contributed by atoms with Gasteiger partial charge in [0.15, 0.2) is 0 Å². The Bertz CT molecular complexity index is 482. The summed E-state index contributed by atoms with van der Waals surface area (Å²) in [6.45, 7) is 6.41. The molecule has 0 spiro atoms. The van der Waals surface area contributed by atoms with Gasteiger partial charge < -0.3 is 15.2 Å². The van der Waals surface area contributed by atoms with E-state index in [1.54, 1.807) is 0 Å². The first-order valence-electron chi connectivity index (χ1n) is 7.66. The number of carbonyl (C=O) groups is 2.